The van der Waals surface area contributed by atoms with Crippen molar-refractivity contribution in [3.8, 4) is 11.1 Å². The molecular formula is C34H30F4N2O2. The number of Topliss-reactive ketones (excluding diaryl/α,β-unsaturated/α-hetero) is 1. The van der Waals surface area contributed by atoms with E-state index < -0.39 is 23.7 Å². The predicted molar refractivity (Wildman–Crippen MR) is 153 cm³/mol. The van der Waals surface area contributed by atoms with Crippen molar-refractivity contribution in [1.82, 2.24) is 4.98 Å². The number of rotatable bonds is 6. The Morgan fingerprint density at radius 3 is 2.21 bits per heavy atom. The van der Waals surface area contributed by atoms with Gasteiger partial charge in [0.05, 0.1) is 16.8 Å². The van der Waals surface area contributed by atoms with Crippen LogP contribution in [0.15, 0.2) is 78.9 Å². The number of aliphatic hydroxyl groups is 1. The molecule has 2 aliphatic rings. The summed E-state index contributed by atoms with van der Waals surface area (Å²) in [7, 11) is 0. The number of nitrogens with zero attached hydrogens (tertiary/aromatic N) is 2. The maximum atomic E-state index is 14.1. The quantitative estimate of drug-likeness (QED) is 0.236. The van der Waals surface area contributed by atoms with Crippen molar-refractivity contribution in [1.29, 1.82) is 0 Å². The molecule has 6 rings (SSSR count). The molecule has 2 heterocycles. The van der Waals surface area contributed by atoms with E-state index >= 15 is 0 Å². The van der Waals surface area contributed by atoms with Gasteiger partial charge in [0.2, 0.25) is 0 Å². The third kappa shape index (κ3) is 5.43. The Hall–Kier alpha value is -4.04. The third-order valence-electron chi connectivity index (χ3n) is 8.35. The lowest BCUT2D eigenvalue weighted by Gasteiger charge is -2.34. The summed E-state index contributed by atoms with van der Waals surface area (Å²) in [6.45, 7) is 1.00. The zero-order valence-corrected chi connectivity index (χ0v) is 22.9. The van der Waals surface area contributed by atoms with Crippen LogP contribution in [0.1, 0.15) is 82.4 Å². The van der Waals surface area contributed by atoms with Crippen LogP contribution in [0.2, 0.25) is 0 Å². The fourth-order valence-corrected chi connectivity index (χ4v) is 6.25. The Kier molecular flexibility index (Phi) is 7.58. The van der Waals surface area contributed by atoms with Gasteiger partial charge in [-0.15, -0.1) is 0 Å². The van der Waals surface area contributed by atoms with Gasteiger partial charge in [0, 0.05) is 36.6 Å². The monoisotopic (exact) mass is 574 g/mol. The Balaban J connectivity index is 1.59. The summed E-state index contributed by atoms with van der Waals surface area (Å²) in [5.74, 6) is -0.0524. The second-order valence-electron chi connectivity index (χ2n) is 11.1. The molecule has 1 N–H and O–H groups in total. The first-order valence-electron chi connectivity index (χ1n) is 14.2. The molecule has 0 spiro atoms. The van der Waals surface area contributed by atoms with Crippen molar-refractivity contribution in [3.05, 3.63) is 118 Å². The zero-order valence-electron chi connectivity index (χ0n) is 22.9. The van der Waals surface area contributed by atoms with Gasteiger partial charge < -0.3 is 10.0 Å². The van der Waals surface area contributed by atoms with Crippen LogP contribution in [-0.4, -0.2) is 22.4 Å². The molecule has 1 saturated carbocycles. The molecule has 1 aliphatic carbocycles. The highest BCUT2D eigenvalue weighted by Gasteiger charge is 2.37. The number of carbonyl (C=O) groups excluding carboxylic acids is 1. The molecule has 216 valence electrons. The molecule has 1 aliphatic heterocycles. The van der Waals surface area contributed by atoms with E-state index in [4.69, 9.17) is 4.98 Å². The largest absolute Gasteiger partial charge is 0.416 e. The Labute approximate surface area is 241 Å². The number of anilines is 1. The molecule has 4 nitrogen and oxygen atoms in total. The van der Waals surface area contributed by atoms with E-state index in [1.54, 1.807) is 12.1 Å². The molecular weight excluding hydrogens is 544 g/mol. The average molecular weight is 575 g/mol. The lowest BCUT2D eigenvalue weighted by Crippen LogP contribution is -2.34. The van der Waals surface area contributed by atoms with Gasteiger partial charge in [-0.1, -0.05) is 67.4 Å². The number of halogens is 4. The van der Waals surface area contributed by atoms with Crippen molar-refractivity contribution in [3.63, 3.8) is 0 Å². The minimum absolute atomic E-state index is 0.00389. The van der Waals surface area contributed by atoms with E-state index in [9.17, 15) is 27.5 Å². The van der Waals surface area contributed by atoms with Crippen molar-refractivity contribution in [2.45, 2.75) is 56.8 Å². The van der Waals surface area contributed by atoms with Crippen LogP contribution in [0.5, 0.6) is 0 Å². The smallest absolute Gasteiger partial charge is 0.384 e. The summed E-state index contributed by atoms with van der Waals surface area (Å²) in [6, 6.07) is 20.1. The zero-order chi connectivity index (χ0) is 29.4. The summed E-state index contributed by atoms with van der Waals surface area (Å²) in [5, 5.41) is 11.9. The van der Waals surface area contributed by atoms with Crippen LogP contribution in [0.3, 0.4) is 0 Å². The molecule has 3 aromatic carbocycles. The summed E-state index contributed by atoms with van der Waals surface area (Å²) >= 11 is 0. The van der Waals surface area contributed by atoms with Crippen molar-refractivity contribution in [2.24, 2.45) is 0 Å². The van der Waals surface area contributed by atoms with Crippen LogP contribution in [0.4, 0.5) is 23.4 Å². The number of aromatic nitrogens is 1. The minimum Gasteiger partial charge on any atom is -0.384 e. The Morgan fingerprint density at radius 2 is 1.57 bits per heavy atom. The molecule has 0 amide bonds. The fraction of sp³-hybridized carbons (Fsp3) is 0.294. The maximum Gasteiger partial charge on any atom is 0.416 e. The fourth-order valence-electron chi connectivity index (χ4n) is 6.25. The number of ketones is 1. The molecule has 0 bridgehead atoms. The first-order valence-corrected chi connectivity index (χ1v) is 14.2. The van der Waals surface area contributed by atoms with E-state index in [0.717, 1.165) is 43.4 Å². The number of hydrogen-bond donors (Lipinski definition) is 1. The van der Waals surface area contributed by atoms with Gasteiger partial charge >= 0.3 is 6.18 Å². The van der Waals surface area contributed by atoms with Gasteiger partial charge in [-0.25, -0.2) is 9.37 Å². The maximum absolute atomic E-state index is 14.1. The van der Waals surface area contributed by atoms with E-state index in [2.05, 4.69) is 4.90 Å². The van der Waals surface area contributed by atoms with Crippen LogP contribution < -0.4 is 4.90 Å². The number of hydrogen-bond acceptors (Lipinski definition) is 4. The lowest BCUT2D eigenvalue weighted by molar-refractivity contribution is -0.137. The van der Waals surface area contributed by atoms with Gasteiger partial charge in [0.15, 0.2) is 5.78 Å². The summed E-state index contributed by atoms with van der Waals surface area (Å²) < 4.78 is 54.0. The van der Waals surface area contributed by atoms with Crippen LogP contribution >= 0.6 is 0 Å². The highest BCUT2D eigenvalue weighted by molar-refractivity contribution is 6.09. The lowest BCUT2D eigenvalue weighted by atomic mass is 9.82. The van der Waals surface area contributed by atoms with Gasteiger partial charge in [-0.3, -0.25) is 4.79 Å². The normalized spacial score (nSPS) is 16.5. The first-order chi connectivity index (χ1) is 20.2. The SMILES string of the molecule is O=C1CCN(Cc2ccccc2)c2nc(C3CCCC3)c(C(O)c3ccc(C(F)(F)F)cc3)c(-c3ccc(F)cc3)c21. The Bertz CT molecular complexity index is 1580. The third-order valence-corrected chi connectivity index (χ3v) is 8.35. The van der Waals surface area contributed by atoms with Crippen molar-refractivity contribution in [2.75, 3.05) is 11.4 Å². The molecule has 4 aromatic rings. The first kappa shape index (κ1) is 28.1. The molecule has 1 fully saturated rings. The number of benzene rings is 3. The van der Waals surface area contributed by atoms with Crippen molar-refractivity contribution >= 4 is 11.6 Å². The summed E-state index contributed by atoms with van der Waals surface area (Å²) in [4.78, 5) is 20.9. The standard InChI is InChI=1S/C34H30F4N2O2/c35-26-16-12-22(13-17-26)28-29-27(41)18-19-40(20-21-6-2-1-3-7-21)33(29)39-31(23-8-4-5-9-23)30(28)32(42)24-10-14-25(15-11-24)34(36,37)38/h1-3,6-7,10-17,23,32,42H,4-5,8-9,18-20H2. The van der Waals surface area contributed by atoms with Gasteiger partial charge in [-0.05, 0) is 53.8 Å². The second kappa shape index (κ2) is 11.3. The molecule has 0 radical (unpaired) electrons. The highest BCUT2D eigenvalue weighted by Crippen LogP contribution is 2.47. The van der Waals surface area contributed by atoms with Crippen LogP contribution in [0, 0.1) is 5.82 Å². The predicted octanol–water partition coefficient (Wildman–Crippen LogP) is 8.24. The summed E-state index contributed by atoms with van der Waals surface area (Å²) in [6.07, 6.45) is -1.98. The number of aliphatic hydroxyl groups excluding tert-OH is 1. The van der Waals surface area contributed by atoms with Crippen LogP contribution in [-0.2, 0) is 12.7 Å². The van der Waals surface area contributed by atoms with Gasteiger partial charge in [0.1, 0.15) is 17.7 Å². The average Bonchev–Trinajstić information content (AvgIpc) is 3.53. The Morgan fingerprint density at radius 1 is 0.905 bits per heavy atom. The topological polar surface area (TPSA) is 53.4 Å². The molecule has 1 atom stereocenters. The summed E-state index contributed by atoms with van der Waals surface area (Å²) in [5.41, 5.74) is 2.92. The molecule has 0 saturated heterocycles. The van der Waals surface area contributed by atoms with Gasteiger partial charge in [-0.2, -0.15) is 13.2 Å². The molecule has 42 heavy (non-hydrogen) atoms. The number of pyridine rings is 1. The van der Waals surface area contributed by atoms with Gasteiger partial charge in [0.25, 0.3) is 0 Å². The van der Waals surface area contributed by atoms with E-state index in [-0.39, 0.29) is 23.7 Å². The number of carbonyl (C=O) groups is 1. The van der Waals surface area contributed by atoms with Crippen molar-refractivity contribution < 1.29 is 27.5 Å². The molecule has 1 unspecified atom stereocenters. The second-order valence-corrected chi connectivity index (χ2v) is 11.1. The van der Waals surface area contributed by atoms with E-state index in [1.807, 2.05) is 30.3 Å². The van der Waals surface area contributed by atoms with Crippen LogP contribution in [0.25, 0.3) is 11.1 Å². The number of fused-ring (bicyclic) bond motifs is 1. The molecule has 1 aromatic heterocycles. The molecule has 8 heteroatoms. The number of alkyl halides is 3. The van der Waals surface area contributed by atoms with E-state index in [0.29, 0.717) is 46.9 Å². The minimum atomic E-state index is -4.51. The highest BCUT2D eigenvalue weighted by atomic mass is 19.4. The van der Waals surface area contributed by atoms with E-state index in [1.165, 1.54) is 24.3 Å².